The van der Waals surface area contributed by atoms with Gasteiger partial charge in [0.1, 0.15) is 0 Å². The van der Waals surface area contributed by atoms with Crippen LogP contribution in [0.2, 0.25) is 0 Å². The van der Waals surface area contributed by atoms with Gasteiger partial charge in [0.25, 0.3) is 0 Å². The molecule has 0 amide bonds. The molecule has 6 heteroatoms. The Morgan fingerprint density at radius 3 is 2.84 bits per heavy atom. The molecule has 1 aliphatic heterocycles. The third-order valence-electron chi connectivity index (χ3n) is 3.47. The monoisotopic (exact) mass is 271 g/mol. The number of halogens is 2. The van der Waals surface area contributed by atoms with Gasteiger partial charge in [-0.25, -0.2) is 13.8 Å². The number of aromatic nitrogens is 1. The van der Waals surface area contributed by atoms with E-state index in [1.54, 1.807) is 4.90 Å². The molecule has 2 unspecified atom stereocenters. The number of hydrogen-bond acceptors (Lipinski definition) is 4. The minimum absolute atomic E-state index is 0.0482. The van der Waals surface area contributed by atoms with Gasteiger partial charge in [-0.2, -0.15) is 0 Å². The predicted octanol–water partition coefficient (Wildman–Crippen LogP) is 2.00. The van der Waals surface area contributed by atoms with Crippen molar-refractivity contribution in [2.75, 3.05) is 29.9 Å². The summed E-state index contributed by atoms with van der Waals surface area (Å²) < 4.78 is 27.3. The molecule has 2 N–H and O–H groups in total. The van der Waals surface area contributed by atoms with Gasteiger partial charge in [-0.3, -0.25) is 0 Å². The van der Waals surface area contributed by atoms with Crippen molar-refractivity contribution in [3.8, 4) is 0 Å². The minimum Gasteiger partial charge on any atom is -0.391 e. The molecule has 2 rings (SSSR count). The fourth-order valence-corrected chi connectivity index (χ4v) is 2.21. The molecular formula is C13H19F2N3O. The summed E-state index contributed by atoms with van der Waals surface area (Å²) in [4.78, 5) is 5.67. The highest BCUT2D eigenvalue weighted by molar-refractivity contribution is 5.49. The van der Waals surface area contributed by atoms with Crippen LogP contribution < -0.4 is 10.2 Å². The number of nitrogens with one attached hydrogen (secondary N) is 1. The molecular weight excluding hydrogens is 252 g/mol. The summed E-state index contributed by atoms with van der Waals surface area (Å²) in [6, 6.07) is 0.838. The van der Waals surface area contributed by atoms with E-state index in [-0.39, 0.29) is 17.6 Å². The Hall–Kier alpha value is -1.43. The number of rotatable bonds is 3. The van der Waals surface area contributed by atoms with Crippen molar-refractivity contribution < 1.29 is 13.9 Å². The molecule has 1 aromatic heterocycles. The maximum absolute atomic E-state index is 13.8. The Balaban J connectivity index is 2.26. The number of aliphatic hydroxyl groups is 1. The molecule has 0 radical (unpaired) electrons. The Morgan fingerprint density at radius 2 is 2.21 bits per heavy atom. The van der Waals surface area contributed by atoms with Crippen molar-refractivity contribution >= 4 is 11.6 Å². The van der Waals surface area contributed by atoms with Gasteiger partial charge < -0.3 is 15.3 Å². The molecule has 0 spiro atoms. The molecule has 1 aliphatic rings. The maximum Gasteiger partial charge on any atom is 0.168 e. The molecule has 0 bridgehead atoms. The van der Waals surface area contributed by atoms with Crippen LogP contribution in [0.1, 0.15) is 20.3 Å². The van der Waals surface area contributed by atoms with E-state index < -0.39 is 17.7 Å². The molecule has 1 aromatic rings. The first-order chi connectivity index (χ1) is 9.02. The second kappa shape index (κ2) is 5.69. The van der Waals surface area contributed by atoms with E-state index in [0.717, 1.165) is 12.5 Å². The normalized spacial score (nSPS) is 23.5. The number of aliphatic hydroxyl groups excluding tert-OH is 1. The molecule has 1 fully saturated rings. The van der Waals surface area contributed by atoms with Gasteiger partial charge in [0.05, 0.1) is 6.10 Å². The number of hydrogen-bond donors (Lipinski definition) is 2. The fraction of sp³-hybridized carbons (Fsp3) is 0.615. The molecule has 4 nitrogen and oxygen atoms in total. The van der Waals surface area contributed by atoms with Crippen LogP contribution in [0, 0.1) is 17.6 Å². The molecule has 19 heavy (non-hydrogen) atoms. The standard InChI is InChI=1S/C13H19F2N3O/c1-3-16-12-9(14)6-10(15)13(17-12)18-5-4-8(2)11(19)7-18/h6,8,11,19H,3-5,7H2,1-2H3,(H,16,17). The van der Waals surface area contributed by atoms with E-state index in [1.807, 2.05) is 13.8 Å². The smallest absolute Gasteiger partial charge is 0.168 e. The van der Waals surface area contributed by atoms with Gasteiger partial charge in [-0.1, -0.05) is 6.92 Å². The molecule has 2 atom stereocenters. The van der Waals surface area contributed by atoms with Gasteiger partial charge >= 0.3 is 0 Å². The van der Waals surface area contributed by atoms with E-state index in [1.165, 1.54) is 0 Å². The summed E-state index contributed by atoms with van der Waals surface area (Å²) in [5.74, 6) is -1.06. The Kier molecular flexibility index (Phi) is 4.19. The van der Waals surface area contributed by atoms with E-state index in [4.69, 9.17) is 0 Å². The zero-order chi connectivity index (χ0) is 14.0. The van der Waals surface area contributed by atoms with Crippen molar-refractivity contribution in [1.29, 1.82) is 0 Å². The zero-order valence-electron chi connectivity index (χ0n) is 11.2. The molecule has 106 valence electrons. The van der Waals surface area contributed by atoms with Crippen LogP contribution in [-0.4, -0.2) is 35.8 Å². The van der Waals surface area contributed by atoms with Crippen LogP contribution >= 0.6 is 0 Å². The third kappa shape index (κ3) is 2.94. The SMILES string of the molecule is CCNc1nc(N2CCC(C)C(O)C2)c(F)cc1F. The van der Waals surface area contributed by atoms with Crippen LogP contribution in [0.15, 0.2) is 6.07 Å². The highest BCUT2D eigenvalue weighted by atomic mass is 19.1. The van der Waals surface area contributed by atoms with Crippen LogP contribution in [0.4, 0.5) is 20.4 Å². The van der Waals surface area contributed by atoms with Crippen LogP contribution in [0.25, 0.3) is 0 Å². The average molecular weight is 271 g/mol. The van der Waals surface area contributed by atoms with Gasteiger partial charge in [0, 0.05) is 25.7 Å². The topological polar surface area (TPSA) is 48.4 Å². The predicted molar refractivity (Wildman–Crippen MR) is 70.3 cm³/mol. The highest BCUT2D eigenvalue weighted by Crippen LogP contribution is 2.26. The van der Waals surface area contributed by atoms with Crippen molar-refractivity contribution in [2.24, 2.45) is 5.92 Å². The second-order valence-corrected chi connectivity index (χ2v) is 4.93. The zero-order valence-corrected chi connectivity index (χ0v) is 11.2. The van der Waals surface area contributed by atoms with Gasteiger partial charge in [-0.05, 0) is 19.3 Å². The number of nitrogens with zero attached hydrogens (tertiary/aromatic N) is 2. The summed E-state index contributed by atoms with van der Waals surface area (Å²) in [5, 5.41) is 12.6. The Labute approximate surface area is 111 Å². The summed E-state index contributed by atoms with van der Waals surface area (Å²) in [5.41, 5.74) is 0. The largest absolute Gasteiger partial charge is 0.391 e. The lowest BCUT2D eigenvalue weighted by molar-refractivity contribution is 0.102. The summed E-state index contributed by atoms with van der Waals surface area (Å²) in [6.07, 6.45) is 0.249. The number of pyridine rings is 1. The van der Waals surface area contributed by atoms with Crippen LogP contribution in [0.5, 0.6) is 0 Å². The maximum atomic E-state index is 13.8. The second-order valence-electron chi connectivity index (χ2n) is 4.93. The van der Waals surface area contributed by atoms with E-state index in [9.17, 15) is 13.9 Å². The quantitative estimate of drug-likeness (QED) is 0.883. The highest BCUT2D eigenvalue weighted by Gasteiger charge is 2.27. The lowest BCUT2D eigenvalue weighted by atomic mass is 9.96. The van der Waals surface area contributed by atoms with E-state index in [2.05, 4.69) is 10.3 Å². The van der Waals surface area contributed by atoms with Gasteiger partial charge in [0.2, 0.25) is 0 Å². The minimum atomic E-state index is -0.700. The molecule has 0 aromatic carbocycles. The molecule has 2 heterocycles. The first-order valence-electron chi connectivity index (χ1n) is 6.55. The number of piperidine rings is 1. The lowest BCUT2D eigenvalue weighted by Gasteiger charge is -2.35. The first-order valence-corrected chi connectivity index (χ1v) is 6.55. The Morgan fingerprint density at radius 1 is 1.47 bits per heavy atom. The first kappa shape index (κ1) is 14.0. The van der Waals surface area contributed by atoms with Gasteiger partial charge in [-0.15, -0.1) is 0 Å². The number of anilines is 2. The van der Waals surface area contributed by atoms with E-state index in [0.29, 0.717) is 19.6 Å². The van der Waals surface area contributed by atoms with Crippen LogP contribution in [0.3, 0.4) is 0 Å². The van der Waals surface area contributed by atoms with Gasteiger partial charge in [0.15, 0.2) is 23.3 Å². The third-order valence-corrected chi connectivity index (χ3v) is 3.47. The fourth-order valence-electron chi connectivity index (χ4n) is 2.21. The lowest BCUT2D eigenvalue weighted by Crippen LogP contribution is -2.43. The summed E-state index contributed by atoms with van der Waals surface area (Å²) >= 11 is 0. The summed E-state index contributed by atoms with van der Waals surface area (Å²) in [6.45, 7) is 5.22. The van der Waals surface area contributed by atoms with Crippen molar-refractivity contribution in [2.45, 2.75) is 26.4 Å². The van der Waals surface area contributed by atoms with Crippen molar-refractivity contribution in [3.63, 3.8) is 0 Å². The molecule has 0 saturated carbocycles. The molecule has 0 aliphatic carbocycles. The Bertz CT molecular complexity index is 456. The van der Waals surface area contributed by atoms with Crippen molar-refractivity contribution in [1.82, 2.24) is 4.98 Å². The average Bonchev–Trinajstić information content (AvgIpc) is 2.36. The van der Waals surface area contributed by atoms with E-state index >= 15 is 0 Å². The number of β-amino-alcohol motifs (C(OH)–C–C–N with tert-alkyl or cyclic N) is 1. The molecule has 1 saturated heterocycles. The van der Waals surface area contributed by atoms with Crippen molar-refractivity contribution in [3.05, 3.63) is 17.7 Å². The summed E-state index contributed by atoms with van der Waals surface area (Å²) in [7, 11) is 0. The van der Waals surface area contributed by atoms with Crippen LogP contribution in [-0.2, 0) is 0 Å².